The molecule has 0 unspecified atom stereocenters. The van der Waals surface area contributed by atoms with Crippen molar-refractivity contribution in [3.8, 4) is 17.1 Å². The summed E-state index contributed by atoms with van der Waals surface area (Å²) >= 11 is 0. The molecule has 0 atom stereocenters. The third-order valence-electron chi connectivity index (χ3n) is 2.85. The largest absolute Gasteiger partial charge is 0.496 e. The minimum atomic E-state index is 0.372. The molecular formula is C13H16N2O2. The third-order valence-corrected chi connectivity index (χ3v) is 2.85. The standard InChI is InChI=1S/C13H16N2O2/c1-8-4-11(12(16-3)5-9(8)2)13-6-10(7-14)15-17-13/h4-6H,7,14H2,1-3H3. The Bertz CT molecular complexity index is 532. The Balaban J connectivity index is 2.53. The number of aryl methyl sites for hydroxylation is 2. The summed E-state index contributed by atoms with van der Waals surface area (Å²) in [6.07, 6.45) is 0. The molecule has 0 aliphatic heterocycles. The van der Waals surface area contributed by atoms with E-state index >= 15 is 0 Å². The van der Waals surface area contributed by atoms with Gasteiger partial charge in [-0.1, -0.05) is 5.16 Å². The van der Waals surface area contributed by atoms with Crippen molar-refractivity contribution < 1.29 is 9.26 Å². The molecule has 17 heavy (non-hydrogen) atoms. The van der Waals surface area contributed by atoms with Gasteiger partial charge in [0.25, 0.3) is 0 Å². The van der Waals surface area contributed by atoms with Gasteiger partial charge in [-0.3, -0.25) is 0 Å². The highest BCUT2D eigenvalue weighted by Gasteiger charge is 2.13. The molecule has 2 rings (SSSR count). The van der Waals surface area contributed by atoms with Gasteiger partial charge in [0.15, 0.2) is 5.76 Å². The van der Waals surface area contributed by atoms with Crippen LogP contribution in [-0.4, -0.2) is 12.3 Å². The maximum absolute atomic E-state index is 5.51. The summed E-state index contributed by atoms with van der Waals surface area (Å²) in [7, 11) is 1.65. The van der Waals surface area contributed by atoms with Gasteiger partial charge < -0.3 is 15.0 Å². The molecule has 0 spiro atoms. The number of methoxy groups -OCH3 is 1. The third kappa shape index (κ3) is 2.17. The van der Waals surface area contributed by atoms with Gasteiger partial charge in [0.1, 0.15) is 5.75 Å². The lowest BCUT2D eigenvalue weighted by Gasteiger charge is -2.09. The highest BCUT2D eigenvalue weighted by atomic mass is 16.5. The first-order chi connectivity index (χ1) is 8.15. The second-order valence-electron chi connectivity index (χ2n) is 4.02. The van der Waals surface area contributed by atoms with Crippen molar-refractivity contribution in [3.05, 3.63) is 35.0 Å². The van der Waals surface area contributed by atoms with Crippen molar-refractivity contribution in [2.24, 2.45) is 5.73 Å². The Hall–Kier alpha value is -1.81. The second-order valence-corrected chi connectivity index (χ2v) is 4.02. The van der Waals surface area contributed by atoms with E-state index in [1.165, 1.54) is 11.1 Å². The first-order valence-corrected chi connectivity index (χ1v) is 5.47. The molecule has 0 aliphatic carbocycles. The molecule has 0 aliphatic rings. The number of hydrogen-bond donors (Lipinski definition) is 1. The summed E-state index contributed by atoms with van der Waals surface area (Å²) in [5.41, 5.74) is 9.52. The number of aromatic nitrogens is 1. The van der Waals surface area contributed by atoms with Crippen LogP contribution in [0.3, 0.4) is 0 Å². The molecule has 0 saturated carbocycles. The fraction of sp³-hybridized carbons (Fsp3) is 0.308. The van der Waals surface area contributed by atoms with Gasteiger partial charge in [-0.2, -0.15) is 0 Å². The Kier molecular flexibility index (Phi) is 3.15. The molecule has 0 amide bonds. The van der Waals surface area contributed by atoms with Gasteiger partial charge in [-0.25, -0.2) is 0 Å². The van der Waals surface area contributed by atoms with Crippen molar-refractivity contribution in [1.29, 1.82) is 0 Å². The van der Waals surface area contributed by atoms with Gasteiger partial charge in [0.05, 0.1) is 18.4 Å². The molecular weight excluding hydrogens is 216 g/mol. The molecule has 0 bridgehead atoms. The summed E-state index contributed by atoms with van der Waals surface area (Å²) in [5, 5.41) is 3.88. The summed E-state index contributed by atoms with van der Waals surface area (Å²) in [6.45, 7) is 4.47. The van der Waals surface area contributed by atoms with E-state index in [1.54, 1.807) is 7.11 Å². The fourth-order valence-electron chi connectivity index (χ4n) is 1.69. The van der Waals surface area contributed by atoms with Crippen molar-refractivity contribution in [1.82, 2.24) is 5.16 Å². The first kappa shape index (κ1) is 11.7. The Morgan fingerprint density at radius 2 is 1.94 bits per heavy atom. The Labute approximate surface area is 100 Å². The van der Waals surface area contributed by atoms with E-state index in [4.69, 9.17) is 15.0 Å². The number of ether oxygens (including phenoxy) is 1. The molecule has 1 heterocycles. The van der Waals surface area contributed by atoms with Crippen LogP contribution >= 0.6 is 0 Å². The summed E-state index contributed by atoms with van der Waals surface area (Å²) in [6, 6.07) is 5.87. The van der Waals surface area contributed by atoms with E-state index in [-0.39, 0.29) is 0 Å². The van der Waals surface area contributed by atoms with Crippen molar-refractivity contribution in [3.63, 3.8) is 0 Å². The van der Waals surface area contributed by atoms with Gasteiger partial charge in [0, 0.05) is 12.6 Å². The molecule has 2 aromatic rings. The second kappa shape index (κ2) is 4.59. The van der Waals surface area contributed by atoms with E-state index in [9.17, 15) is 0 Å². The monoisotopic (exact) mass is 232 g/mol. The number of nitrogens with two attached hydrogens (primary N) is 1. The lowest BCUT2D eigenvalue weighted by molar-refractivity contribution is 0.403. The quantitative estimate of drug-likeness (QED) is 0.882. The SMILES string of the molecule is COc1cc(C)c(C)cc1-c1cc(CN)no1. The van der Waals surface area contributed by atoms with Crippen molar-refractivity contribution >= 4 is 0 Å². The number of rotatable bonds is 3. The molecule has 90 valence electrons. The van der Waals surface area contributed by atoms with Gasteiger partial charge >= 0.3 is 0 Å². The smallest absolute Gasteiger partial charge is 0.170 e. The molecule has 2 N–H and O–H groups in total. The first-order valence-electron chi connectivity index (χ1n) is 5.47. The normalized spacial score (nSPS) is 10.6. The van der Waals surface area contributed by atoms with Crippen molar-refractivity contribution in [2.45, 2.75) is 20.4 Å². The number of nitrogens with zero attached hydrogens (tertiary/aromatic N) is 1. The Morgan fingerprint density at radius 3 is 2.53 bits per heavy atom. The van der Waals surface area contributed by atoms with E-state index in [0.717, 1.165) is 17.0 Å². The molecule has 0 fully saturated rings. The van der Waals surface area contributed by atoms with Crippen LogP contribution in [0.2, 0.25) is 0 Å². The summed E-state index contributed by atoms with van der Waals surface area (Å²) < 4.78 is 10.6. The molecule has 4 nitrogen and oxygen atoms in total. The van der Waals surface area contributed by atoms with Crippen LogP contribution in [0, 0.1) is 13.8 Å². The predicted molar refractivity (Wildman–Crippen MR) is 65.9 cm³/mol. The zero-order valence-electron chi connectivity index (χ0n) is 10.3. The van der Waals surface area contributed by atoms with E-state index in [2.05, 4.69) is 12.1 Å². The van der Waals surface area contributed by atoms with Crippen LogP contribution in [0.25, 0.3) is 11.3 Å². The Morgan fingerprint density at radius 1 is 1.24 bits per heavy atom. The molecule has 0 saturated heterocycles. The maximum Gasteiger partial charge on any atom is 0.170 e. The van der Waals surface area contributed by atoms with Crippen LogP contribution in [0.15, 0.2) is 22.7 Å². The van der Waals surface area contributed by atoms with Crippen molar-refractivity contribution in [2.75, 3.05) is 7.11 Å². The van der Waals surface area contributed by atoms with Gasteiger partial charge in [0.2, 0.25) is 0 Å². The minimum Gasteiger partial charge on any atom is -0.496 e. The highest BCUT2D eigenvalue weighted by Crippen LogP contribution is 2.32. The van der Waals surface area contributed by atoms with E-state index in [1.807, 2.05) is 25.1 Å². The van der Waals surface area contributed by atoms with Crippen LogP contribution in [-0.2, 0) is 6.54 Å². The van der Waals surface area contributed by atoms with Crippen LogP contribution in [0.1, 0.15) is 16.8 Å². The summed E-state index contributed by atoms with van der Waals surface area (Å²) in [5.74, 6) is 1.47. The number of benzene rings is 1. The molecule has 4 heteroatoms. The average Bonchev–Trinajstić information content (AvgIpc) is 2.80. The van der Waals surface area contributed by atoms with Crippen LogP contribution in [0.5, 0.6) is 5.75 Å². The van der Waals surface area contributed by atoms with E-state index in [0.29, 0.717) is 12.3 Å². The molecule has 1 aromatic heterocycles. The topological polar surface area (TPSA) is 61.3 Å². The highest BCUT2D eigenvalue weighted by molar-refractivity contribution is 5.67. The maximum atomic E-state index is 5.51. The van der Waals surface area contributed by atoms with Gasteiger partial charge in [-0.05, 0) is 37.1 Å². The lowest BCUT2D eigenvalue weighted by atomic mass is 10.0. The average molecular weight is 232 g/mol. The summed E-state index contributed by atoms with van der Waals surface area (Å²) in [4.78, 5) is 0. The molecule has 0 radical (unpaired) electrons. The van der Waals surface area contributed by atoms with Crippen LogP contribution in [0.4, 0.5) is 0 Å². The zero-order chi connectivity index (χ0) is 12.4. The minimum absolute atomic E-state index is 0.372. The molecule has 1 aromatic carbocycles. The van der Waals surface area contributed by atoms with Crippen LogP contribution < -0.4 is 10.5 Å². The van der Waals surface area contributed by atoms with Gasteiger partial charge in [-0.15, -0.1) is 0 Å². The lowest BCUT2D eigenvalue weighted by Crippen LogP contribution is -1.95. The van der Waals surface area contributed by atoms with E-state index < -0.39 is 0 Å². The fourth-order valence-corrected chi connectivity index (χ4v) is 1.69. The number of hydrogen-bond acceptors (Lipinski definition) is 4. The zero-order valence-corrected chi connectivity index (χ0v) is 10.3. The predicted octanol–water partition coefficient (Wildman–Crippen LogP) is 2.43.